The van der Waals surface area contributed by atoms with Crippen LogP contribution in [0.1, 0.15) is 31.4 Å². The Morgan fingerprint density at radius 1 is 0.864 bits per heavy atom. The molecule has 0 saturated heterocycles. The third-order valence-electron chi connectivity index (χ3n) is 4.10. The molecule has 1 aliphatic carbocycles. The van der Waals surface area contributed by atoms with E-state index in [0.717, 1.165) is 17.8 Å². The van der Waals surface area contributed by atoms with Crippen LogP contribution in [0.4, 0.5) is 0 Å². The number of allylic oxidation sites excluding steroid dienone is 2. The van der Waals surface area contributed by atoms with Crippen molar-refractivity contribution in [1.82, 2.24) is 0 Å². The topological polar surface area (TPSA) is 13.1 Å². The quantitative estimate of drug-likeness (QED) is 0.648. The van der Waals surface area contributed by atoms with Gasteiger partial charge in [-0.15, -0.1) is 0 Å². The molecule has 0 radical (unpaired) electrons. The molecule has 0 unspecified atom stereocenters. The molecule has 0 amide bonds. The van der Waals surface area contributed by atoms with Crippen molar-refractivity contribution in [2.75, 3.05) is 0 Å². The summed E-state index contributed by atoms with van der Waals surface area (Å²) >= 11 is 0.279. The second-order valence-corrected chi connectivity index (χ2v) is 7.92. The predicted octanol–water partition coefficient (Wildman–Crippen LogP) is 4.05. The van der Waals surface area contributed by atoms with Crippen molar-refractivity contribution in [2.24, 2.45) is 0 Å². The molecule has 2 heteroatoms. The van der Waals surface area contributed by atoms with Crippen LogP contribution < -0.4 is 8.92 Å². The molecule has 2 aromatic carbocycles. The third kappa shape index (κ3) is 2.65. The average molecular weight is 353 g/mol. The summed E-state index contributed by atoms with van der Waals surface area (Å²) in [5.74, 6) is 1.14. The number of benzene rings is 2. The second-order valence-electron chi connectivity index (χ2n) is 5.65. The Labute approximate surface area is 137 Å². The van der Waals surface area contributed by atoms with E-state index in [2.05, 4.69) is 60.7 Å². The number of hydrogen-bond donors (Lipinski definition) is 0. The van der Waals surface area contributed by atoms with E-state index >= 15 is 0 Å². The minimum atomic E-state index is 0.279. The maximum atomic E-state index is 6.26. The Hall–Kier alpha value is -1.76. The van der Waals surface area contributed by atoms with Crippen molar-refractivity contribution >= 4 is 40.4 Å². The van der Waals surface area contributed by atoms with Crippen LogP contribution in [-0.2, 0) is 0 Å². The fourth-order valence-corrected chi connectivity index (χ4v) is 5.24. The molecule has 1 heterocycles. The fourth-order valence-electron chi connectivity index (χ4n) is 2.99. The van der Waals surface area contributed by atoms with E-state index in [-0.39, 0.29) is 15.0 Å². The molecule has 0 fully saturated rings. The molecule has 1 aliphatic rings. The summed E-state index contributed by atoms with van der Waals surface area (Å²) in [4.78, 5) is 0. The van der Waals surface area contributed by atoms with E-state index in [0.29, 0.717) is 0 Å². The van der Waals surface area contributed by atoms with Gasteiger partial charge in [0.1, 0.15) is 0 Å². The maximum absolute atomic E-state index is 6.26. The van der Waals surface area contributed by atoms with E-state index in [1.54, 1.807) is 0 Å². The van der Waals surface area contributed by atoms with Gasteiger partial charge in [-0.25, -0.2) is 0 Å². The van der Waals surface area contributed by atoms with Gasteiger partial charge >= 0.3 is 137 Å². The summed E-state index contributed by atoms with van der Waals surface area (Å²) in [6.07, 6.45) is 7.30. The zero-order valence-electron chi connectivity index (χ0n) is 12.4. The summed E-state index contributed by atoms with van der Waals surface area (Å²) in [5, 5.41) is 1.29. The molecule has 4 rings (SSSR count). The number of rotatable bonds is 3. The molecule has 0 saturated carbocycles. The number of furan rings is 1. The molecule has 0 atom stereocenters. The van der Waals surface area contributed by atoms with Crippen molar-refractivity contribution in [2.45, 2.75) is 25.7 Å². The van der Waals surface area contributed by atoms with Gasteiger partial charge in [0.25, 0.3) is 0 Å². The van der Waals surface area contributed by atoms with Gasteiger partial charge in [-0.3, -0.25) is 0 Å². The zero-order chi connectivity index (χ0) is 14.8. The second kappa shape index (κ2) is 6.16. The first-order valence-corrected chi connectivity index (χ1v) is 9.57. The molecule has 3 aromatic rings. The first kappa shape index (κ1) is 13.9. The SMILES string of the molecule is C1=C(c2oc3ccccc3c2[Se]c2ccccc2)CCCC1. The van der Waals surface area contributed by atoms with Gasteiger partial charge in [-0.1, -0.05) is 0 Å². The Kier molecular flexibility index (Phi) is 3.88. The molecule has 0 N–H and O–H groups in total. The molecule has 0 spiro atoms. The molecular formula is C20H18OSe. The standard InChI is InChI=1S/C20H18OSe/c1-3-9-15(10-4-1)19-20(22-16-11-5-2-6-12-16)17-13-7-8-14-18(17)21-19/h2,5-9,11-14H,1,3-4,10H2. The van der Waals surface area contributed by atoms with Crippen molar-refractivity contribution in [1.29, 1.82) is 0 Å². The number of fused-ring (bicyclic) bond motifs is 1. The van der Waals surface area contributed by atoms with Crippen LogP contribution in [0.15, 0.2) is 65.1 Å². The van der Waals surface area contributed by atoms with Gasteiger partial charge in [-0.05, 0) is 0 Å². The summed E-state index contributed by atoms with van der Waals surface area (Å²) in [7, 11) is 0. The molecule has 0 aliphatic heterocycles. The Morgan fingerprint density at radius 2 is 1.68 bits per heavy atom. The first-order chi connectivity index (χ1) is 10.9. The summed E-state index contributed by atoms with van der Waals surface area (Å²) < 4.78 is 9.07. The van der Waals surface area contributed by atoms with Crippen molar-refractivity contribution in [3.63, 3.8) is 0 Å². The zero-order valence-corrected chi connectivity index (χ0v) is 14.1. The molecule has 22 heavy (non-hydrogen) atoms. The van der Waals surface area contributed by atoms with E-state index in [4.69, 9.17) is 4.42 Å². The average Bonchev–Trinajstić information content (AvgIpc) is 2.95. The molecular weight excluding hydrogens is 335 g/mol. The van der Waals surface area contributed by atoms with Crippen molar-refractivity contribution < 1.29 is 4.42 Å². The van der Waals surface area contributed by atoms with Crippen LogP contribution in [0.25, 0.3) is 16.5 Å². The van der Waals surface area contributed by atoms with Crippen LogP contribution in [0.3, 0.4) is 0 Å². The Bertz CT molecular complexity index is 814. The van der Waals surface area contributed by atoms with Crippen LogP contribution >= 0.6 is 0 Å². The van der Waals surface area contributed by atoms with Gasteiger partial charge < -0.3 is 0 Å². The van der Waals surface area contributed by atoms with Gasteiger partial charge in [0.15, 0.2) is 0 Å². The molecule has 1 aromatic heterocycles. The van der Waals surface area contributed by atoms with Gasteiger partial charge in [0.05, 0.1) is 0 Å². The normalized spacial score (nSPS) is 15.0. The Morgan fingerprint density at radius 3 is 2.50 bits per heavy atom. The van der Waals surface area contributed by atoms with Crippen molar-refractivity contribution in [3.8, 4) is 0 Å². The van der Waals surface area contributed by atoms with Gasteiger partial charge in [0, 0.05) is 0 Å². The minimum absolute atomic E-state index is 0.279. The first-order valence-electron chi connectivity index (χ1n) is 7.86. The van der Waals surface area contributed by atoms with E-state index in [1.165, 1.54) is 39.1 Å². The van der Waals surface area contributed by atoms with E-state index < -0.39 is 0 Å². The van der Waals surface area contributed by atoms with E-state index in [9.17, 15) is 0 Å². The predicted molar refractivity (Wildman–Crippen MR) is 94.1 cm³/mol. The van der Waals surface area contributed by atoms with E-state index in [1.807, 2.05) is 0 Å². The van der Waals surface area contributed by atoms with Gasteiger partial charge in [-0.2, -0.15) is 0 Å². The Balaban J connectivity index is 1.84. The molecule has 0 bridgehead atoms. The molecule has 110 valence electrons. The number of para-hydroxylation sites is 1. The van der Waals surface area contributed by atoms with Crippen LogP contribution in [0, 0.1) is 0 Å². The van der Waals surface area contributed by atoms with Crippen LogP contribution in [0.5, 0.6) is 0 Å². The van der Waals surface area contributed by atoms with Crippen molar-refractivity contribution in [3.05, 3.63) is 66.4 Å². The molecule has 1 nitrogen and oxygen atoms in total. The monoisotopic (exact) mass is 354 g/mol. The third-order valence-corrected chi connectivity index (χ3v) is 6.44. The fraction of sp³-hybridized carbons (Fsp3) is 0.200. The summed E-state index contributed by atoms with van der Waals surface area (Å²) in [5.41, 5.74) is 2.44. The van der Waals surface area contributed by atoms with Gasteiger partial charge in [0.2, 0.25) is 0 Å². The van der Waals surface area contributed by atoms with Crippen LogP contribution in [-0.4, -0.2) is 15.0 Å². The van der Waals surface area contributed by atoms with Crippen LogP contribution in [0.2, 0.25) is 0 Å². The number of hydrogen-bond acceptors (Lipinski definition) is 1. The summed E-state index contributed by atoms with van der Waals surface area (Å²) in [6.45, 7) is 0. The summed E-state index contributed by atoms with van der Waals surface area (Å²) in [6, 6.07) is 19.2.